The number of quaternary nitrogens is 1. The number of primary amides is 1. The van der Waals surface area contributed by atoms with Crippen molar-refractivity contribution in [2.75, 3.05) is 53.9 Å². The number of alkyl halides is 3. The smallest absolute Gasteiger partial charge is 0.416 e. The second-order valence-corrected chi connectivity index (χ2v) is 10.5. The number of carbonyl (C=O) groups is 2. The molecular weight excluding hydrogens is 577 g/mol. The van der Waals surface area contributed by atoms with Gasteiger partial charge in [0.1, 0.15) is 6.04 Å². The van der Waals surface area contributed by atoms with Crippen molar-refractivity contribution in [1.82, 2.24) is 4.90 Å². The average Bonchev–Trinajstić information content (AvgIpc) is 2.96. The first-order valence-electron chi connectivity index (χ1n) is 13.7. The zero-order valence-electron chi connectivity index (χ0n) is 26.7. The van der Waals surface area contributed by atoms with E-state index >= 15 is 0 Å². The number of allylic oxidation sites excluding steroid dienone is 1. The topological polar surface area (TPSA) is 133 Å². The third-order valence-electron chi connectivity index (χ3n) is 6.39. The molecule has 1 aliphatic heterocycles. The van der Waals surface area contributed by atoms with Crippen LogP contribution in [-0.2, 0) is 26.9 Å². The zero-order valence-corrected chi connectivity index (χ0v) is 26.7. The van der Waals surface area contributed by atoms with Crippen LogP contribution in [0.15, 0.2) is 53.7 Å². The summed E-state index contributed by atoms with van der Waals surface area (Å²) in [6.07, 6.45) is -4.21. The van der Waals surface area contributed by atoms with Gasteiger partial charge < -0.3 is 19.7 Å². The highest BCUT2D eigenvalue weighted by atomic mass is 19.4. The lowest BCUT2D eigenvalue weighted by Crippen LogP contribution is -2.55. The number of likely N-dealkylation sites (N-methyl/N-ethyl adjacent to an activating group) is 1. The largest absolute Gasteiger partial charge is 0.466 e. The van der Waals surface area contributed by atoms with E-state index in [2.05, 4.69) is 10.8 Å². The van der Waals surface area contributed by atoms with Gasteiger partial charge in [0, 0.05) is 32.0 Å². The van der Waals surface area contributed by atoms with Gasteiger partial charge in [0.25, 0.3) is 0 Å². The van der Waals surface area contributed by atoms with Crippen LogP contribution in [0.2, 0.25) is 0 Å². The van der Waals surface area contributed by atoms with Gasteiger partial charge in [0.2, 0.25) is 5.96 Å². The van der Waals surface area contributed by atoms with Gasteiger partial charge in [-0.05, 0) is 48.4 Å². The zero-order chi connectivity index (χ0) is 34.0. The number of ether oxygens (including phenoxy) is 2. The number of hydrogen-bond donors (Lipinski definition) is 2. The monoisotopic (exact) mass is 619 g/mol. The van der Waals surface area contributed by atoms with Crippen molar-refractivity contribution in [2.45, 2.75) is 39.4 Å². The number of anilines is 1. The molecule has 2 amide bonds. The van der Waals surface area contributed by atoms with E-state index in [9.17, 15) is 28.0 Å². The number of nitrogens with zero attached hydrogens (tertiary/aromatic N) is 4. The maximum absolute atomic E-state index is 13.5. The Morgan fingerprint density at radius 1 is 1.09 bits per heavy atom. The molecule has 0 bridgehead atoms. The lowest BCUT2D eigenvalue weighted by molar-refractivity contribution is -0.870. The fourth-order valence-electron chi connectivity index (χ4n) is 4.48. The van der Waals surface area contributed by atoms with E-state index in [0.29, 0.717) is 34.1 Å². The number of rotatable bonds is 6. The standard InChI is InChI=1S/C27H29F3N6O3.C2H6O.C2H6/c1-16-22(24(37)39-5)23(21-10-9-17(15-31)13-18(21)11-12-36(2,3)4)35(26(33)38)25(32)34(16)20-8-6-7-19(14-20)27(28,29)30;1-3-2;1-2/h6-10,13-14,23,32H,11-12H2,1-5H3,(H-,33,38);1-2H3;1-2H3/p+1/t23-;;/m1../s1. The number of amides is 2. The molecule has 0 radical (unpaired) electrons. The molecule has 3 rings (SSSR count). The lowest BCUT2D eigenvalue weighted by Gasteiger charge is -2.43. The molecule has 10 nitrogen and oxygen atoms in total. The first-order valence-corrected chi connectivity index (χ1v) is 13.7. The number of hydrogen-bond acceptors (Lipinski definition) is 6. The highest BCUT2D eigenvalue weighted by Gasteiger charge is 2.44. The molecule has 0 aliphatic carbocycles. The number of nitrogens with one attached hydrogen (secondary N) is 1. The van der Waals surface area contributed by atoms with Crippen LogP contribution in [0.5, 0.6) is 0 Å². The Bertz CT molecular complexity index is 1410. The second-order valence-electron chi connectivity index (χ2n) is 10.5. The first kappa shape index (κ1) is 37.6. The van der Waals surface area contributed by atoms with E-state index in [-0.39, 0.29) is 17.0 Å². The minimum absolute atomic E-state index is 0.0825. The summed E-state index contributed by atoms with van der Waals surface area (Å²) in [6, 6.07) is 8.72. The van der Waals surface area contributed by atoms with Crippen molar-refractivity contribution in [1.29, 1.82) is 10.7 Å². The van der Waals surface area contributed by atoms with Crippen LogP contribution in [-0.4, -0.2) is 76.4 Å². The Balaban J connectivity index is 0.00000182. The van der Waals surface area contributed by atoms with E-state index in [1.807, 2.05) is 35.0 Å². The molecule has 2 aromatic rings. The van der Waals surface area contributed by atoms with Crippen molar-refractivity contribution >= 4 is 23.6 Å². The molecule has 0 fully saturated rings. The summed E-state index contributed by atoms with van der Waals surface area (Å²) in [6.45, 7) is 6.09. The van der Waals surface area contributed by atoms with Crippen molar-refractivity contribution in [3.05, 3.63) is 76.0 Å². The Hall–Kier alpha value is -4.41. The predicted molar refractivity (Wildman–Crippen MR) is 163 cm³/mol. The number of nitrogens with two attached hydrogens (primary N) is 1. The minimum Gasteiger partial charge on any atom is -0.466 e. The van der Waals surface area contributed by atoms with Gasteiger partial charge in [-0.15, -0.1) is 0 Å². The molecule has 3 N–H and O–H groups in total. The van der Waals surface area contributed by atoms with Gasteiger partial charge in [-0.3, -0.25) is 15.2 Å². The molecule has 1 atom stereocenters. The highest BCUT2D eigenvalue weighted by molar-refractivity contribution is 6.10. The molecule has 0 spiro atoms. The van der Waals surface area contributed by atoms with Gasteiger partial charge in [-0.25, -0.2) is 9.59 Å². The molecule has 2 aromatic carbocycles. The number of methoxy groups -OCH3 is 2. The van der Waals surface area contributed by atoms with Gasteiger partial charge >= 0.3 is 18.2 Å². The average molecular weight is 620 g/mol. The molecule has 44 heavy (non-hydrogen) atoms. The summed E-state index contributed by atoms with van der Waals surface area (Å²) in [4.78, 5) is 27.9. The molecule has 0 aromatic heterocycles. The molecular formula is C31H42F3N6O4+. The minimum atomic E-state index is -4.66. The van der Waals surface area contributed by atoms with Crippen molar-refractivity contribution in [2.24, 2.45) is 5.73 Å². The van der Waals surface area contributed by atoms with Gasteiger partial charge in [-0.2, -0.15) is 18.4 Å². The van der Waals surface area contributed by atoms with Crippen LogP contribution in [0, 0.1) is 16.7 Å². The Morgan fingerprint density at radius 2 is 1.68 bits per heavy atom. The third-order valence-corrected chi connectivity index (χ3v) is 6.39. The normalized spacial score (nSPS) is 15.0. The van der Waals surface area contributed by atoms with E-state index in [0.717, 1.165) is 29.0 Å². The summed E-state index contributed by atoms with van der Waals surface area (Å²) in [5.41, 5.74) is 6.12. The lowest BCUT2D eigenvalue weighted by atomic mass is 9.87. The Kier molecular flexibility index (Phi) is 13.6. The maximum Gasteiger partial charge on any atom is 0.416 e. The van der Waals surface area contributed by atoms with Crippen LogP contribution in [0.4, 0.5) is 23.7 Å². The fourth-order valence-corrected chi connectivity index (χ4v) is 4.48. The summed E-state index contributed by atoms with van der Waals surface area (Å²) >= 11 is 0. The van der Waals surface area contributed by atoms with Crippen molar-refractivity contribution < 1.29 is 36.7 Å². The number of carbonyl (C=O) groups excluding carboxylic acids is 2. The van der Waals surface area contributed by atoms with Crippen molar-refractivity contribution in [3.63, 3.8) is 0 Å². The molecule has 0 saturated heterocycles. The molecule has 240 valence electrons. The molecule has 0 saturated carbocycles. The first-order chi connectivity index (χ1) is 20.5. The number of guanidine groups is 1. The van der Waals surface area contributed by atoms with Crippen LogP contribution in [0.25, 0.3) is 0 Å². The number of urea groups is 1. The van der Waals surface area contributed by atoms with Gasteiger partial charge in [-0.1, -0.05) is 26.0 Å². The van der Waals surface area contributed by atoms with Crippen LogP contribution in [0.3, 0.4) is 0 Å². The number of esters is 1. The van der Waals surface area contributed by atoms with Gasteiger partial charge in [0.05, 0.1) is 57.6 Å². The number of halogens is 3. The van der Waals surface area contributed by atoms with Crippen molar-refractivity contribution in [3.8, 4) is 6.07 Å². The Morgan fingerprint density at radius 3 is 2.16 bits per heavy atom. The van der Waals surface area contributed by atoms with E-state index < -0.39 is 35.7 Å². The van der Waals surface area contributed by atoms with Crippen LogP contribution >= 0.6 is 0 Å². The molecule has 13 heteroatoms. The summed E-state index contributed by atoms with van der Waals surface area (Å²) in [5, 5.41) is 18.4. The van der Waals surface area contributed by atoms with E-state index in [1.54, 1.807) is 26.4 Å². The number of benzene rings is 2. The van der Waals surface area contributed by atoms with E-state index in [4.69, 9.17) is 15.9 Å². The maximum atomic E-state index is 13.5. The fraction of sp³-hybridized carbons (Fsp3) is 0.419. The number of nitriles is 1. The summed E-state index contributed by atoms with van der Waals surface area (Å²) in [5.74, 6) is -1.39. The molecule has 0 unspecified atom stereocenters. The highest BCUT2D eigenvalue weighted by Crippen LogP contribution is 2.42. The van der Waals surface area contributed by atoms with Crippen LogP contribution in [0.1, 0.15) is 49.1 Å². The SMILES string of the molecule is CC.COC.COC(=O)C1=C(C)N(c2cccc(C(F)(F)F)c2)C(=N)N(C(N)=O)[C@@H]1c1ccc(C#N)cc1CC[N+](C)(C)C. The quantitative estimate of drug-likeness (QED) is 0.327. The Labute approximate surface area is 257 Å². The van der Waals surface area contributed by atoms with E-state index in [1.165, 1.54) is 25.1 Å². The third kappa shape index (κ3) is 9.05. The summed E-state index contributed by atoms with van der Waals surface area (Å²) in [7, 11) is 10.3. The molecule has 1 heterocycles. The van der Waals surface area contributed by atoms with Crippen LogP contribution < -0.4 is 10.6 Å². The summed E-state index contributed by atoms with van der Waals surface area (Å²) < 4.78 is 50.3. The van der Waals surface area contributed by atoms with Gasteiger partial charge in [0.15, 0.2) is 0 Å². The molecule has 1 aliphatic rings. The predicted octanol–water partition coefficient (Wildman–Crippen LogP) is 5.44. The second kappa shape index (κ2) is 15.9.